The maximum Gasteiger partial charge on any atom is 0.289 e. The quantitative estimate of drug-likeness (QED) is 0.392. The van der Waals surface area contributed by atoms with Crippen LogP contribution < -0.4 is 0 Å². The Labute approximate surface area is 85.0 Å². The normalized spacial score (nSPS) is 15.7. The predicted molar refractivity (Wildman–Crippen MR) is 55.4 cm³/mol. The molecule has 1 unspecified atom stereocenters. The van der Waals surface area contributed by atoms with Gasteiger partial charge in [0.2, 0.25) is 5.53 Å². The Balaban J connectivity index is 5.16. The summed E-state index contributed by atoms with van der Waals surface area (Å²) < 4.78 is 27.5. The second-order valence-electron chi connectivity index (χ2n) is 2.65. The van der Waals surface area contributed by atoms with E-state index in [2.05, 4.69) is 12.3 Å². The smallest absolute Gasteiger partial charge is 0.289 e. The summed E-state index contributed by atoms with van der Waals surface area (Å²) >= 11 is 0. The monoisotopic (exact) mass is 220 g/mol. The molecule has 0 saturated heterocycles. The van der Waals surface area contributed by atoms with E-state index >= 15 is 0 Å². The standard InChI is InChI=1S/C9H17O4P/c1-6-8-14(10,13-7-2)9(3,11-4)12-5/h8H,1,7H2,2-5H3. The van der Waals surface area contributed by atoms with Gasteiger partial charge >= 0.3 is 0 Å². The molecule has 82 valence electrons. The van der Waals surface area contributed by atoms with Crippen molar-refractivity contribution in [2.24, 2.45) is 0 Å². The first-order chi connectivity index (χ1) is 6.49. The van der Waals surface area contributed by atoms with Gasteiger partial charge in [-0.3, -0.25) is 4.57 Å². The van der Waals surface area contributed by atoms with Crippen LogP contribution in [0, 0.1) is 0 Å². The van der Waals surface area contributed by atoms with Crippen LogP contribution in [0.25, 0.3) is 0 Å². The fraction of sp³-hybridized carbons (Fsp3) is 0.667. The molecule has 0 rings (SSSR count). The van der Waals surface area contributed by atoms with Crippen LogP contribution in [0.1, 0.15) is 13.8 Å². The van der Waals surface area contributed by atoms with Crippen LogP contribution in [0.4, 0.5) is 0 Å². The first kappa shape index (κ1) is 13.6. The first-order valence-corrected chi connectivity index (χ1v) is 5.90. The molecule has 0 bridgehead atoms. The highest BCUT2D eigenvalue weighted by atomic mass is 31.2. The number of hydrogen-bond acceptors (Lipinski definition) is 4. The molecule has 1 atom stereocenters. The predicted octanol–water partition coefficient (Wildman–Crippen LogP) is 2.57. The highest BCUT2D eigenvalue weighted by Crippen LogP contribution is 2.60. The van der Waals surface area contributed by atoms with E-state index in [1.807, 2.05) is 0 Å². The van der Waals surface area contributed by atoms with E-state index in [0.29, 0.717) is 6.61 Å². The van der Waals surface area contributed by atoms with Gasteiger partial charge < -0.3 is 14.0 Å². The summed E-state index contributed by atoms with van der Waals surface area (Å²) in [5.74, 6) is 1.27. The SMILES string of the molecule is C=C=CP(=O)(OCC)C(C)(OC)OC. The van der Waals surface area contributed by atoms with Gasteiger partial charge in [-0.1, -0.05) is 6.58 Å². The molecule has 0 aliphatic carbocycles. The van der Waals surface area contributed by atoms with Crippen molar-refractivity contribution >= 4 is 7.37 Å². The van der Waals surface area contributed by atoms with E-state index < -0.39 is 12.9 Å². The van der Waals surface area contributed by atoms with E-state index in [4.69, 9.17) is 14.0 Å². The van der Waals surface area contributed by atoms with Gasteiger partial charge in [-0.15, -0.1) is 5.73 Å². The van der Waals surface area contributed by atoms with Crippen LogP contribution in [0.3, 0.4) is 0 Å². The third-order valence-corrected chi connectivity index (χ3v) is 4.57. The van der Waals surface area contributed by atoms with E-state index in [-0.39, 0.29) is 0 Å². The van der Waals surface area contributed by atoms with Gasteiger partial charge in [-0.2, -0.15) is 0 Å². The van der Waals surface area contributed by atoms with Crippen molar-refractivity contribution in [3.8, 4) is 0 Å². The van der Waals surface area contributed by atoms with E-state index in [1.165, 1.54) is 20.0 Å². The summed E-state index contributed by atoms with van der Waals surface area (Å²) in [7, 11) is -0.367. The number of ether oxygens (including phenoxy) is 2. The molecular weight excluding hydrogens is 203 g/mol. The average Bonchev–Trinajstić information content (AvgIpc) is 2.17. The lowest BCUT2D eigenvalue weighted by Crippen LogP contribution is -2.29. The molecule has 0 spiro atoms. The van der Waals surface area contributed by atoms with Gasteiger partial charge in [-0.25, -0.2) is 0 Å². The molecule has 14 heavy (non-hydrogen) atoms. The fourth-order valence-corrected chi connectivity index (χ4v) is 2.60. The van der Waals surface area contributed by atoms with Crippen molar-refractivity contribution in [3.63, 3.8) is 0 Å². The van der Waals surface area contributed by atoms with Gasteiger partial charge in [0.1, 0.15) is 0 Å². The van der Waals surface area contributed by atoms with Crippen molar-refractivity contribution < 1.29 is 18.6 Å². The largest absolute Gasteiger partial charge is 0.345 e. The summed E-state index contributed by atoms with van der Waals surface area (Å²) in [6.07, 6.45) is 0. The topological polar surface area (TPSA) is 44.8 Å². The average molecular weight is 220 g/mol. The Kier molecular flexibility index (Phi) is 5.35. The molecule has 0 aromatic heterocycles. The highest BCUT2D eigenvalue weighted by Gasteiger charge is 2.45. The maximum atomic E-state index is 12.3. The van der Waals surface area contributed by atoms with Crippen LogP contribution >= 0.6 is 7.37 Å². The van der Waals surface area contributed by atoms with Crippen LogP contribution in [0.2, 0.25) is 0 Å². The summed E-state index contributed by atoms with van der Waals surface area (Å²) in [5.41, 5.74) is 1.16. The zero-order chi connectivity index (χ0) is 11.2. The van der Waals surface area contributed by atoms with Gasteiger partial charge in [0.25, 0.3) is 7.37 Å². The van der Waals surface area contributed by atoms with Crippen molar-refractivity contribution in [1.82, 2.24) is 0 Å². The Morgan fingerprint density at radius 1 is 1.50 bits per heavy atom. The Hall–Kier alpha value is -0.370. The molecule has 4 nitrogen and oxygen atoms in total. The van der Waals surface area contributed by atoms with Crippen molar-refractivity contribution in [3.05, 3.63) is 18.1 Å². The van der Waals surface area contributed by atoms with E-state index in [0.717, 1.165) is 0 Å². The lowest BCUT2D eigenvalue weighted by Gasteiger charge is -2.31. The fourth-order valence-electron chi connectivity index (χ4n) is 0.922. The minimum atomic E-state index is -3.18. The Morgan fingerprint density at radius 2 is 2.00 bits per heavy atom. The molecular formula is C9H17O4P. The molecule has 0 aliphatic heterocycles. The molecule has 0 saturated carbocycles. The molecule has 0 heterocycles. The second kappa shape index (κ2) is 5.50. The Bertz CT molecular complexity index is 264. The third-order valence-electron chi connectivity index (χ3n) is 1.91. The zero-order valence-electron chi connectivity index (χ0n) is 9.07. The highest BCUT2D eigenvalue weighted by molar-refractivity contribution is 7.63. The summed E-state index contributed by atoms with van der Waals surface area (Å²) in [5, 5.41) is 0. The maximum absolute atomic E-state index is 12.3. The van der Waals surface area contributed by atoms with E-state index in [1.54, 1.807) is 13.8 Å². The summed E-state index contributed by atoms with van der Waals surface area (Å²) in [6, 6.07) is 0. The van der Waals surface area contributed by atoms with Crippen LogP contribution in [0.5, 0.6) is 0 Å². The van der Waals surface area contributed by atoms with Gasteiger partial charge in [0, 0.05) is 20.0 Å². The molecule has 0 aromatic carbocycles. The van der Waals surface area contributed by atoms with E-state index in [9.17, 15) is 4.57 Å². The summed E-state index contributed by atoms with van der Waals surface area (Å²) in [6.45, 7) is 6.97. The third kappa shape index (κ3) is 2.57. The van der Waals surface area contributed by atoms with Gasteiger partial charge in [-0.05, 0) is 13.8 Å². The lowest BCUT2D eigenvalue weighted by molar-refractivity contribution is -0.135. The number of hydrogen-bond donors (Lipinski definition) is 0. The van der Waals surface area contributed by atoms with Crippen LogP contribution in [-0.4, -0.2) is 26.4 Å². The molecule has 0 aliphatic rings. The summed E-state index contributed by atoms with van der Waals surface area (Å²) in [4.78, 5) is 0. The molecule has 5 heteroatoms. The lowest BCUT2D eigenvalue weighted by atomic mass is 10.7. The van der Waals surface area contributed by atoms with Crippen LogP contribution in [-0.2, 0) is 18.6 Å². The second-order valence-corrected chi connectivity index (χ2v) is 5.18. The molecule has 0 aromatic rings. The Morgan fingerprint density at radius 3 is 2.29 bits per heavy atom. The van der Waals surface area contributed by atoms with Crippen molar-refractivity contribution in [2.75, 3.05) is 20.8 Å². The number of rotatable bonds is 6. The molecule has 0 fully saturated rings. The first-order valence-electron chi connectivity index (χ1n) is 4.21. The minimum absolute atomic E-state index is 0.303. The van der Waals surface area contributed by atoms with Crippen molar-refractivity contribution in [2.45, 2.75) is 19.4 Å². The van der Waals surface area contributed by atoms with Gasteiger partial charge in [0.05, 0.1) is 6.61 Å². The minimum Gasteiger partial charge on any atom is -0.345 e. The van der Waals surface area contributed by atoms with Crippen LogP contribution in [0.15, 0.2) is 18.1 Å². The molecule has 0 N–H and O–H groups in total. The molecule has 0 radical (unpaired) electrons. The number of methoxy groups -OCH3 is 2. The zero-order valence-corrected chi connectivity index (χ0v) is 9.97. The van der Waals surface area contributed by atoms with Gasteiger partial charge in [0.15, 0.2) is 0 Å². The molecule has 0 amide bonds. The van der Waals surface area contributed by atoms with Crippen molar-refractivity contribution in [1.29, 1.82) is 0 Å².